The molecule has 0 saturated heterocycles. The van der Waals surface area contributed by atoms with Crippen LogP contribution in [0.25, 0.3) is 0 Å². The Hall–Kier alpha value is -0.820. The predicted molar refractivity (Wildman–Crippen MR) is 67.1 cm³/mol. The van der Waals surface area contributed by atoms with Crippen LogP contribution in [0.15, 0.2) is 0 Å². The van der Waals surface area contributed by atoms with Gasteiger partial charge in [0.15, 0.2) is 0 Å². The van der Waals surface area contributed by atoms with Gasteiger partial charge in [0, 0.05) is 0 Å². The first kappa shape index (κ1) is 18.2. The van der Waals surface area contributed by atoms with E-state index in [-0.39, 0.29) is 6.54 Å². The zero-order valence-electron chi connectivity index (χ0n) is 11.7. The number of hydrogen-bond acceptors (Lipinski definition) is 3. The van der Waals surface area contributed by atoms with E-state index >= 15 is 0 Å². The summed E-state index contributed by atoms with van der Waals surface area (Å²) in [4.78, 5) is 12.3. The molecular weight excluding hydrogens is 261 g/mol. The van der Waals surface area contributed by atoms with Crippen LogP contribution in [0.2, 0.25) is 0 Å². The van der Waals surface area contributed by atoms with Crippen LogP contribution in [-0.2, 0) is 4.79 Å². The Balaban J connectivity index is 4.16. The van der Waals surface area contributed by atoms with Crippen molar-refractivity contribution in [3.8, 4) is 0 Å². The number of carbonyl (C=O) groups is 1. The molecule has 0 bridgehead atoms. The van der Waals surface area contributed by atoms with Crippen LogP contribution in [0.3, 0.4) is 0 Å². The molecule has 4 nitrogen and oxygen atoms in total. The number of halogens is 3. The summed E-state index contributed by atoms with van der Waals surface area (Å²) in [5.74, 6) is -0.973. The summed E-state index contributed by atoms with van der Waals surface area (Å²) in [5, 5.41) is 12.1. The SMILES string of the molecule is CCCNC(C)(CCCN(C)CC(F)(F)F)C(=O)O. The highest BCUT2D eigenvalue weighted by Crippen LogP contribution is 2.17. The Bertz CT molecular complexity index is 285. The standard InChI is InChI=1S/C12H23F3N2O2/c1-4-7-16-11(2,10(18)19)6-5-8-17(3)9-12(13,14)15/h16H,4-9H2,1-3H3,(H,18,19). The third-order valence-corrected chi connectivity index (χ3v) is 2.90. The number of nitrogens with one attached hydrogen (secondary N) is 1. The number of carboxylic acid groups (broad SMARTS) is 1. The van der Waals surface area contributed by atoms with E-state index in [9.17, 15) is 18.0 Å². The molecule has 0 aliphatic carbocycles. The van der Waals surface area contributed by atoms with Crippen molar-refractivity contribution in [3.05, 3.63) is 0 Å². The lowest BCUT2D eigenvalue weighted by molar-refractivity contribution is -0.146. The quantitative estimate of drug-likeness (QED) is 0.681. The lowest BCUT2D eigenvalue weighted by atomic mass is 9.95. The van der Waals surface area contributed by atoms with E-state index in [4.69, 9.17) is 5.11 Å². The molecule has 19 heavy (non-hydrogen) atoms. The van der Waals surface area contributed by atoms with Crippen LogP contribution in [0.1, 0.15) is 33.1 Å². The molecule has 0 heterocycles. The Kier molecular flexibility index (Phi) is 7.36. The highest BCUT2D eigenvalue weighted by Gasteiger charge is 2.32. The average Bonchev–Trinajstić information content (AvgIpc) is 2.23. The summed E-state index contributed by atoms with van der Waals surface area (Å²) in [6.07, 6.45) is -2.72. The molecular formula is C12H23F3N2O2. The van der Waals surface area contributed by atoms with Gasteiger partial charge in [0.25, 0.3) is 0 Å². The van der Waals surface area contributed by atoms with E-state index in [2.05, 4.69) is 5.32 Å². The Morgan fingerprint density at radius 3 is 2.37 bits per heavy atom. The second kappa shape index (κ2) is 7.69. The summed E-state index contributed by atoms with van der Waals surface area (Å²) >= 11 is 0. The first-order valence-electron chi connectivity index (χ1n) is 6.34. The van der Waals surface area contributed by atoms with Gasteiger partial charge in [-0.05, 0) is 46.3 Å². The molecule has 2 N–H and O–H groups in total. The summed E-state index contributed by atoms with van der Waals surface area (Å²) in [7, 11) is 1.38. The van der Waals surface area contributed by atoms with Crippen LogP contribution >= 0.6 is 0 Å². The Morgan fingerprint density at radius 1 is 1.37 bits per heavy atom. The van der Waals surface area contributed by atoms with Gasteiger partial charge in [-0.15, -0.1) is 0 Å². The average molecular weight is 284 g/mol. The van der Waals surface area contributed by atoms with E-state index < -0.39 is 24.2 Å². The van der Waals surface area contributed by atoms with Gasteiger partial charge in [-0.3, -0.25) is 9.69 Å². The topological polar surface area (TPSA) is 52.6 Å². The molecule has 0 rings (SSSR count). The summed E-state index contributed by atoms with van der Waals surface area (Å²) in [6, 6.07) is 0. The monoisotopic (exact) mass is 284 g/mol. The number of rotatable bonds is 9. The number of alkyl halides is 3. The molecule has 114 valence electrons. The fourth-order valence-electron chi connectivity index (χ4n) is 1.76. The van der Waals surface area contributed by atoms with Gasteiger partial charge < -0.3 is 10.4 Å². The molecule has 0 aromatic rings. The molecule has 0 fully saturated rings. The molecule has 0 radical (unpaired) electrons. The minimum atomic E-state index is -4.22. The molecule has 0 saturated carbocycles. The van der Waals surface area contributed by atoms with E-state index in [0.717, 1.165) is 11.3 Å². The van der Waals surface area contributed by atoms with Crippen molar-refractivity contribution in [2.45, 2.75) is 44.8 Å². The molecule has 0 aliphatic rings. The largest absolute Gasteiger partial charge is 0.480 e. The second-order valence-electron chi connectivity index (χ2n) is 5.02. The summed E-state index contributed by atoms with van der Waals surface area (Å²) < 4.78 is 36.3. The minimum Gasteiger partial charge on any atom is -0.480 e. The number of nitrogens with zero attached hydrogens (tertiary/aromatic N) is 1. The second-order valence-corrected chi connectivity index (χ2v) is 5.02. The first-order valence-corrected chi connectivity index (χ1v) is 6.34. The Labute approximate surface area is 112 Å². The lowest BCUT2D eigenvalue weighted by Gasteiger charge is -2.27. The maximum absolute atomic E-state index is 12.1. The van der Waals surface area contributed by atoms with Crippen LogP contribution in [-0.4, -0.2) is 54.4 Å². The van der Waals surface area contributed by atoms with Gasteiger partial charge in [0.05, 0.1) is 6.54 Å². The van der Waals surface area contributed by atoms with E-state index in [1.54, 1.807) is 6.92 Å². The number of aliphatic carboxylic acids is 1. The molecule has 0 aromatic carbocycles. The van der Waals surface area contributed by atoms with E-state index in [1.165, 1.54) is 7.05 Å². The smallest absolute Gasteiger partial charge is 0.401 e. The van der Waals surface area contributed by atoms with Crippen LogP contribution in [0, 0.1) is 0 Å². The minimum absolute atomic E-state index is 0.218. The zero-order chi connectivity index (χ0) is 15.1. The maximum atomic E-state index is 12.1. The fraction of sp³-hybridized carbons (Fsp3) is 0.917. The van der Waals surface area contributed by atoms with Crippen molar-refractivity contribution in [2.24, 2.45) is 0 Å². The number of hydrogen-bond donors (Lipinski definition) is 2. The highest BCUT2D eigenvalue weighted by atomic mass is 19.4. The molecule has 0 spiro atoms. The first-order chi connectivity index (χ1) is 8.60. The van der Waals surface area contributed by atoms with Gasteiger partial charge in [0.1, 0.15) is 5.54 Å². The Morgan fingerprint density at radius 2 is 1.95 bits per heavy atom. The van der Waals surface area contributed by atoms with Crippen molar-refractivity contribution < 1.29 is 23.1 Å². The van der Waals surface area contributed by atoms with Crippen molar-refractivity contribution in [1.82, 2.24) is 10.2 Å². The highest BCUT2D eigenvalue weighted by molar-refractivity contribution is 5.78. The van der Waals surface area contributed by atoms with Gasteiger partial charge in [-0.2, -0.15) is 13.2 Å². The third kappa shape index (κ3) is 8.05. The molecule has 0 aromatic heterocycles. The van der Waals surface area contributed by atoms with Crippen LogP contribution in [0.5, 0.6) is 0 Å². The molecule has 0 amide bonds. The maximum Gasteiger partial charge on any atom is 0.401 e. The van der Waals surface area contributed by atoms with Gasteiger partial charge in [0.2, 0.25) is 0 Å². The molecule has 0 aliphatic heterocycles. The predicted octanol–water partition coefficient (Wildman–Crippen LogP) is 2.10. The van der Waals surface area contributed by atoms with Crippen molar-refractivity contribution in [1.29, 1.82) is 0 Å². The van der Waals surface area contributed by atoms with Gasteiger partial charge in [-0.25, -0.2) is 0 Å². The van der Waals surface area contributed by atoms with Gasteiger partial charge >= 0.3 is 12.1 Å². The van der Waals surface area contributed by atoms with Crippen LogP contribution in [0.4, 0.5) is 13.2 Å². The van der Waals surface area contributed by atoms with E-state index in [0.29, 0.717) is 19.4 Å². The zero-order valence-corrected chi connectivity index (χ0v) is 11.7. The molecule has 1 unspecified atom stereocenters. The van der Waals surface area contributed by atoms with Crippen LogP contribution < -0.4 is 5.32 Å². The van der Waals surface area contributed by atoms with Crippen molar-refractivity contribution >= 4 is 5.97 Å². The van der Waals surface area contributed by atoms with Gasteiger partial charge in [-0.1, -0.05) is 6.92 Å². The summed E-state index contributed by atoms with van der Waals surface area (Å²) in [6.45, 7) is 3.30. The molecule has 7 heteroatoms. The third-order valence-electron chi connectivity index (χ3n) is 2.90. The summed E-state index contributed by atoms with van der Waals surface area (Å²) in [5.41, 5.74) is -1.07. The van der Waals surface area contributed by atoms with Crippen molar-refractivity contribution in [3.63, 3.8) is 0 Å². The normalized spacial score (nSPS) is 15.5. The molecule has 1 atom stereocenters. The lowest BCUT2D eigenvalue weighted by Crippen LogP contribution is -2.50. The van der Waals surface area contributed by atoms with E-state index in [1.807, 2.05) is 6.92 Å². The van der Waals surface area contributed by atoms with Crippen molar-refractivity contribution in [2.75, 3.05) is 26.7 Å². The fourth-order valence-corrected chi connectivity index (χ4v) is 1.76. The number of carboxylic acids is 1.